The van der Waals surface area contributed by atoms with Crippen LogP contribution in [-0.2, 0) is 13.1 Å². The Morgan fingerprint density at radius 3 is 2.58 bits per heavy atom. The summed E-state index contributed by atoms with van der Waals surface area (Å²) in [6.07, 6.45) is 2.76. The molecule has 2 N–H and O–H groups in total. The highest BCUT2D eigenvalue weighted by Crippen LogP contribution is 2.19. The van der Waals surface area contributed by atoms with Gasteiger partial charge in [0.05, 0.1) is 5.69 Å². The van der Waals surface area contributed by atoms with Gasteiger partial charge in [0.15, 0.2) is 0 Å². The molecule has 0 aliphatic carbocycles. The zero-order valence-corrected chi connectivity index (χ0v) is 18.4. The van der Waals surface area contributed by atoms with Crippen molar-refractivity contribution in [2.45, 2.75) is 19.2 Å². The Kier molecular flexibility index (Phi) is 7.95. The average Bonchev–Trinajstić information content (AvgIpc) is 3.34. The highest BCUT2D eigenvalue weighted by Gasteiger charge is 2.16. The standard InChI is InChI=1S/C23H29N5O2S/c29-21(15-27-9-11-31-12-10-27)16-30-23-8-4-2-6-20(23)14-24-13-19-5-1-3-7-22(19)28-18-25-17-26-28/h1-8,17-18,21,24,29H,9-16H2/t21-/m0/s1. The molecular formula is C23H29N5O2S. The summed E-state index contributed by atoms with van der Waals surface area (Å²) >= 11 is 1.97. The molecule has 0 radical (unpaired) electrons. The van der Waals surface area contributed by atoms with Crippen molar-refractivity contribution in [1.82, 2.24) is 25.0 Å². The van der Waals surface area contributed by atoms with Gasteiger partial charge >= 0.3 is 0 Å². The van der Waals surface area contributed by atoms with Crippen molar-refractivity contribution >= 4 is 11.8 Å². The molecule has 4 rings (SSSR count). The molecule has 1 fully saturated rings. The fourth-order valence-corrected chi connectivity index (χ4v) is 4.64. The van der Waals surface area contributed by atoms with Crippen LogP contribution in [-0.4, -0.2) is 68.6 Å². The van der Waals surface area contributed by atoms with E-state index in [1.54, 1.807) is 11.0 Å². The van der Waals surface area contributed by atoms with E-state index in [1.807, 2.05) is 48.2 Å². The maximum Gasteiger partial charge on any atom is 0.138 e. The highest BCUT2D eigenvalue weighted by molar-refractivity contribution is 7.99. The van der Waals surface area contributed by atoms with Crippen molar-refractivity contribution < 1.29 is 9.84 Å². The van der Waals surface area contributed by atoms with E-state index in [1.165, 1.54) is 6.33 Å². The lowest BCUT2D eigenvalue weighted by atomic mass is 10.1. The number of rotatable bonds is 10. The summed E-state index contributed by atoms with van der Waals surface area (Å²) < 4.78 is 7.76. The molecule has 2 aromatic carbocycles. The monoisotopic (exact) mass is 439 g/mol. The first kappa shape index (κ1) is 21.8. The molecule has 0 unspecified atom stereocenters. The van der Waals surface area contributed by atoms with Crippen LogP contribution in [0.5, 0.6) is 5.75 Å². The first-order valence-electron chi connectivity index (χ1n) is 10.6. The maximum atomic E-state index is 10.4. The van der Waals surface area contributed by atoms with Gasteiger partial charge in [0.1, 0.15) is 31.1 Å². The van der Waals surface area contributed by atoms with Crippen LogP contribution in [0.3, 0.4) is 0 Å². The number of aromatic nitrogens is 3. The van der Waals surface area contributed by atoms with Gasteiger partial charge in [-0.3, -0.25) is 4.90 Å². The second kappa shape index (κ2) is 11.3. The Labute approximate surface area is 187 Å². The summed E-state index contributed by atoms with van der Waals surface area (Å²) in [4.78, 5) is 6.35. The maximum absolute atomic E-state index is 10.4. The number of β-amino-alcohol motifs (C(OH)–C–C–N with tert-alkyl or cyclic N) is 1. The van der Waals surface area contributed by atoms with Crippen molar-refractivity contribution in [3.8, 4) is 11.4 Å². The number of nitrogens with one attached hydrogen (secondary N) is 1. The molecule has 1 aliphatic rings. The van der Waals surface area contributed by atoms with E-state index in [9.17, 15) is 5.11 Å². The molecular weight excluding hydrogens is 410 g/mol. The van der Waals surface area contributed by atoms with Gasteiger partial charge in [-0.25, -0.2) is 9.67 Å². The SMILES string of the molecule is O[C@H](COc1ccccc1CNCc1ccccc1-n1cncn1)CN1CCSCC1. The molecule has 1 aromatic heterocycles. The molecule has 164 valence electrons. The van der Waals surface area contributed by atoms with Crippen LogP contribution in [0.2, 0.25) is 0 Å². The normalized spacial score (nSPS) is 15.6. The lowest BCUT2D eigenvalue weighted by Gasteiger charge is -2.28. The van der Waals surface area contributed by atoms with E-state index in [2.05, 4.69) is 32.4 Å². The third-order valence-corrected chi connectivity index (χ3v) is 6.21. The summed E-state index contributed by atoms with van der Waals surface area (Å²) in [5, 5.41) is 18.1. The van der Waals surface area contributed by atoms with Gasteiger partial charge in [-0.05, 0) is 17.7 Å². The van der Waals surface area contributed by atoms with Crippen LogP contribution in [0.1, 0.15) is 11.1 Å². The Morgan fingerprint density at radius 2 is 1.77 bits per heavy atom. The van der Waals surface area contributed by atoms with Gasteiger partial charge in [-0.15, -0.1) is 0 Å². The molecule has 0 spiro atoms. The quantitative estimate of drug-likeness (QED) is 0.502. The van der Waals surface area contributed by atoms with E-state index in [0.717, 1.165) is 47.2 Å². The zero-order chi connectivity index (χ0) is 21.3. The number of ether oxygens (including phenoxy) is 1. The lowest BCUT2D eigenvalue weighted by molar-refractivity contribution is 0.0711. The van der Waals surface area contributed by atoms with Crippen molar-refractivity contribution in [1.29, 1.82) is 0 Å². The number of aliphatic hydroxyl groups is 1. The van der Waals surface area contributed by atoms with E-state index in [-0.39, 0.29) is 0 Å². The van der Waals surface area contributed by atoms with Gasteiger partial charge in [0, 0.05) is 49.8 Å². The van der Waals surface area contributed by atoms with Crippen molar-refractivity contribution in [3.63, 3.8) is 0 Å². The minimum Gasteiger partial charge on any atom is -0.491 e. The number of para-hydroxylation sites is 2. The molecule has 1 atom stereocenters. The van der Waals surface area contributed by atoms with Gasteiger partial charge in [-0.1, -0.05) is 36.4 Å². The van der Waals surface area contributed by atoms with Crippen LogP contribution in [0.25, 0.3) is 5.69 Å². The summed E-state index contributed by atoms with van der Waals surface area (Å²) in [5.74, 6) is 3.09. The molecule has 1 saturated heterocycles. The molecule has 0 saturated carbocycles. The Bertz CT molecular complexity index is 931. The van der Waals surface area contributed by atoms with Crippen LogP contribution in [0.15, 0.2) is 61.2 Å². The second-order valence-corrected chi connectivity index (χ2v) is 8.78. The second-order valence-electron chi connectivity index (χ2n) is 7.56. The summed E-state index contributed by atoms with van der Waals surface area (Å²) in [6.45, 7) is 4.41. The summed E-state index contributed by atoms with van der Waals surface area (Å²) in [6, 6.07) is 16.1. The number of benzene rings is 2. The van der Waals surface area contributed by atoms with E-state index in [4.69, 9.17) is 4.74 Å². The number of aliphatic hydroxyl groups excluding tert-OH is 1. The smallest absolute Gasteiger partial charge is 0.138 e. The number of nitrogens with zero attached hydrogens (tertiary/aromatic N) is 4. The van der Waals surface area contributed by atoms with Gasteiger partial charge < -0.3 is 15.2 Å². The fraction of sp³-hybridized carbons (Fsp3) is 0.391. The highest BCUT2D eigenvalue weighted by atomic mass is 32.2. The number of thioether (sulfide) groups is 1. The third-order valence-electron chi connectivity index (χ3n) is 5.26. The van der Waals surface area contributed by atoms with Gasteiger partial charge in [0.25, 0.3) is 0 Å². The first-order valence-corrected chi connectivity index (χ1v) is 11.8. The zero-order valence-electron chi connectivity index (χ0n) is 17.6. The molecule has 7 nitrogen and oxygen atoms in total. The lowest BCUT2D eigenvalue weighted by Crippen LogP contribution is -2.40. The van der Waals surface area contributed by atoms with Crippen molar-refractivity contribution in [3.05, 3.63) is 72.3 Å². The molecule has 0 bridgehead atoms. The largest absolute Gasteiger partial charge is 0.491 e. The predicted molar refractivity (Wildman–Crippen MR) is 124 cm³/mol. The van der Waals surface area contributed by atoms with Crippen LogP contribution in [0.4, 0.5) is 0 Å². The Morgan fingerprint density at radius 1 is 1.03 bits per heavy atom. The van der Waals surface area contributed by atoms with Crippen molar-refractivity contribution in [2.24, 2.45) is 0 Å². The predicted octanol–water partition coefficient (Wildman–Crippen LogP) is 2.35. The number of hydrogen-bond acceptors (Lipinski definition) is 7. The Hall–Kier alpha value is -2.39. The van der Waals surface area contributed by atoms with Crippen molar-refractivity contribution in [2.75, 3.05) is 37.7 Å². The Balaban J connectivity index is 1.30. The van der Waals surface area contributed by atoms with E-state index >= 15 is 0 Å². The fourth-order valence-electron chi connectivity index (χ4n) is 3.66. The molecule has 31 heavy (non-hydrogen) atoms. The third kappa shape index (κ3) is 6.30. The number of hydrogen-bond donors (Lipinski definition) is 2. The van der Waals surface area contributed by atoms with E-state index in [0.29, 0.717) is 26.2 Å². The molecule has 3 aromatic rings. The minimum absolute atomic E-state index is 0.301. The van der Waals surface area contributed by atoms with Crippen LogP contribution in [0, 0.1) is 0 Å². The molecule has 0 amide bonds. The summed E-state index contributed by atoms with van der Waals surface area (Å²) in [7, 11) is 0. The topological polar surface area (TPSA) is 75.4 Å². The van der Waals surface area contributed by atoms with Gasteiger partial charge in [0.2, 0.25) is 0 Å². The van der Waals surface area contributed by atoms with Gasteiger partial charge in [-0.2, -0.15) is 16.9 Å². The van der Waals surface area contributed by atoms with Crippen LogP contribution >= 0.6 is 11.8 Å². The van der Waals surface area contributed by atoms with E-state index < -0.39 is 6.10 Å². The average molecular weight is 440 g/mol. The summed E-state index contributed by atoms with van der Waals surface area (Å²) in [5.41, 5.74) is 3.22. The molecule has 8 heteroatoms. The molecule has 1 aliphatic heterocycles. The van der Waals surface area contributed by atoms with Crippen LogP contribution < -0.4 is 10.1 Å². The first-order chi connectivity index (χ1) is 15.3. The molecule has 2 heterocycles. The minimum atomic E-state index is -0.487.